The molecule has 0 saturated heterocycles. The lowest BCUT2D eigenvalue weighted by atomic mass is 10.2. The zero-order valence-electron chi connectivity index (χ0n) is 17.2. The Morgan fingerprint density at radius 2 is 2.00 bits per heavy atom. The maximum Gasteiger partial charge on any atom is 0.340 e. The normalized spacial score (nSPS) is 10.7. The number of aryl methyl sites for hydroxylation is 1. The Labute approximate surface area is 186 Å². The number of aromatic nitrogens is 3. The molecule has 2 heterocycles. The second-order valence-corrected chi connectivity index (χ2v) is 8.42. The van der Waals surface area contributed by atoms with E-state index >= 15 is 0 Å². The largest absolute Gasteiger partial charge is 0.486 e. The third kappa shape index (κ3) is 5.82. The maximum absolute atomic E-state index is 13.0. The quantitative estimate of drug-likeness (QED) is 0.381. The van der Waals surface area contributed by atoms with Gasteiger partial charge in [-0.15, -0.1) is 21.5 Å². The summed E-state index contributed by atoms with van der Waals surface area (Å²) >= 11 is 2.56. The number of hydrogen-bond acceptors (Lipinski definition) is 8. The first kappa shape index (κ1) is 22.8. The number of carbonyl (C=O) groups is 2. The van der Waals surface area contributed by atoms with Crippen molar-refractivity contribution >= 4 is 40.0 Å². The monoisotopic (exact) mass is 464 g/mol. The fourth-order valence-electron chi connectivity index (χ4n) is 2.54. The number of hydrogen-bond donors (Lipinski definition) is 1. The summed E-state index contributed by atoms with van der Waals surface area (Å²) in [6, 6.07) is 7.42. The molecule has 0 radical (unpaired) electrons. The van der Waals surface area contributed by atoms with Gasteiger partial charge in [0.05, 0.1) is 18.4 Å². The summed E-state index contributed by atoms with van der Waals surface area (Å²) in [6.45, 7) is 2.12. The van der Waals surface area contributed by atoms with Gasteiger partial charge in [0.2, 0.25) is 5.91 Å². The highest BCUT2D eigenvalue weighted by Crippen LogP contribution is 2.29. The van der Waals surface area contributed by atoms with Gasteiger partial charge in [0.15, 0.2) is 11.0 Å². The summed E-state index contributed by atoms with van der Waals surface area (Å²) < 4.78 is 25.1. The Bertz CT molecular complexity index is 1070. The molecule has 0 aliphatic heterocycles. The molecule has 1 N–H and O–H groups in total. The van der Waals surface area contributed by atoms with Gasteiger partial charge in [0, 0.05) is 11.9 Å². The van der Waals surface area contributed by atoms with Crippen molar-refractivity contribution < 1.29 is 23.5 Å². The van der Waals surface area contributed by atoms with Gasteiger partial charge in [-0.3, -0.25) is 4.79 Å². The molecule has 164 valence electrons. The summed E-state index contributed by atoms with van der Waals surface area (Å²) in [7, 11) is 3.07. The topological polar surface area (TPSA) is 95.3 Å². The Balaban J connectivity index is 1.57. The number of nitrogens with zero attached hydrogens (tertiary/aromatic N) is 3. The van der Waals surface area contributed by atoms with Crippen LogP contribution in [0.2, 0.25) is 0 Å². The van der Waals surface area contributed by atoms with Crippen LogP contribution in [0.25, 0.3) is 0 Å². The summed E-state index contributed by atoms with van der Waals surface area (Å²) in [5.74, 6) is 0.0675. The van der Waals surface area contributed by atoms with Crippen molar-refractivity contribution in [3.8, 4) is 5.75 Å². The smallest absolute Gasteiger partial charge is 0.340 e. The van der Waals surface area contributed by atoms with E-state index < -0.39 is 5.97 Å². The van der Waals surface area contributed by atoms with Gasteiger partial charge < -0.3 is 19.4 Å². The van der Waals surface area contributed by atoms with E-state index in [9.17, 15) is 14.0 Å². The van der Waals surface area contributed by atoms with Crippen molar-refractivity contribution in [1.29, 1.82) is 0 Å². The molecule has 0 aliphatic rings. The fraction of sp³-hybridized carbons (Fsp3) is 0.300. The average Bonchev–Trinajstić information content (AvgIpc) is 3.34. The highest BCUT2D eigenvalue weighted by Gasteiger charge is 2.19. The number of methoxy groups -OCH3 is 1. The molecule has 11 heteroatoms. The number of rotatable bonds is 9. The van der Waals surface area contributed by atoms with E-state index in [0.29, 0.717) is 27.3 Å². The van der Waals surface area contributed by atoms with Crippen molar-refractivity contribution in [2.45, 2.75) is 25.1 Å². The van der Waals surface area contributed by atoms with E-state index in [-0.39, 0.29) is 24.1 Å². The van der Waals surface area contributed by atoms with Crippen molar-refractivity contribution in [2.24, 2.45) is 7.05 Å². The number of ether oxygens (including phenoxy) is 2. The molecular formula is C20H21FN4O4S2. The Morgan fingerprint density at radius 3 is 2.68 bits per heavy atom. The highest BCUT2D eigenvalue weighted by atomic mass is 32.2. The number of amides is 1. The van der Waals surface area contributed by atoms with E-state index in [1.165, 1.54) is 54.5 Å². The SMILES string of the molecule is CCc1cc(C(=O)OC)c(NC(=O)CSc2nnc(COc3ccc(F)cc3)n2C)s1. The number of nitrogens with one attached hydrogen (secondary N) is 1. The molecule has 0 bridgehead atoms. The fourth-order valence-corrected chi connectivity index (χ4v) is 4.27. The molecule has 0 spiro atoms. The van der Waals surface area contributed by atoms with Crippen LogP contribution in [0.5, 0.6) is 5.75 Å². The first-order valence-electron chi connectivity index (χ1n) is 9.31. The van der Waals surface area contributed by atoms with Crippen molar-refractivity contribution in [3.63, 3.8) is 0 Å². The van der Waals surface area contributed by atoms with E-state index in [2.05, 4.69) is 15.5 Å². The van der Waals surface area contributed by atoms with Crippen molar-refractivity contribution in [2.75, 3.05) is 18.2 Å². The van der Waals surface area contributed by atoms with E-state index in [0.717, 1.165) is 11.3 Å². The van der Waals surface area contributed by atoms with E-state index in [1.54, 1.807) is 17.7 Å². The molecule has 1 aromatic carbocycles. The van der Waals surface area contributed by atoms with E-state index in [1.807, 2.05) is 6.92 Å². The minimum atomic E-state index is -0.488. The Hall–Kier alpha value is -2.92. The summed E-state index contributed by atoms with van der Waals surface area (Å²) in [4.78, 5) is 25.3. The summed E-state index contributed by atoms with van der Waals surface area (Å²) in [5, 5.41) is 11.9. The number of anilines is 1. The van der Waals surface area contributed by atoms with E-state index in [4.69, 9.17) is 9.47 Å². The molecule has 3 rings (SSSR count). The summed E-state index contributed by atoms with van der Waals surface area (Å²) in [5.41, 5.74) is 0.349. The van der Waals surface area contributed by atoms with Crippen LogP contribution in [0.15, 0.2) is 35.5 Å². The Morgan fingerprint density at radius 1 is 1.26 bits per heavy atom. The van der Waals surface area contributed by atoms with Crippen molar-refractivity contribution in [1.82, 2.24) is 14.8 Å². The van der Waals surface area contributed by atoms with Crippen LogP contribution in [-0.2, 0) is 29.6 Å². The molecule has 1 amide bonds. The number of carbonyl (C=O) groups excluding carboxylic acids is 2. The third-order valence-corrected chi connectivity index (χ3v) is 6.44. The average molecular weight is 465 g/mol. The zero-order valence-corrected chi connectivity index (χ0v) is 18.8. The number of benzene rings is 1. The number of esters is 1. The van der Waals surface area contributed by atoms with Gasteiger partial charge in [-0.1, -0.05) is 18.7 Å². The predicted molar refractivity (Wildman–Crippen MR) is 116 cm³/mol. The second-order valence-electron chi connectivity index (χ2n) is 6.34. The molecule has 0 aliphatic carbocycles. The Kier molecular flexibility index (Phi) is 7.64. The van der Waals surface area contributed by atoms with Crippen molar-refractivity contribution in [3.05, 3.63) is 52.4 Å². The van der Waals surface area contributed by atoms with Crippen LogP contribution in [0, 0.1) is 5.82 Å². The minimum Gasteiger partial charge on any atom is -0.486 e. The lowest BCUT2D eigenvalue weighted by Crippen LogP contribution is -2.16. The molecule has 31 heavy (non-hydrogen) atoms. The van der Waals surface area contributed by atoms with Gasteiger partial charge in [-0.25, -0.2) is 9.18 Å². The zero-order chi connectivity index (χ0) is 22.4. The van der Waals surface area contributed by atoms with Crippen LogP contribution in [-0.4, -0.2) is 39.5 Å². The molecule has 0 unspecified atom stereocenters. The van der Waals surface area contributed by atoms with Crippen LogP contribution >= 0.6 is 23.1 Å². The van der Waals surface area contributed by atoms with Crippen LogP contribution in [0.4, 0.5) is 9.39 Å². The molecule has 8 nitrogen and oxygen atoms in total. The summed E-state index contributed by atoms with van der Waals surface area (Å²) in [6.07, 6.45) is 0.751. The van der Waals surface area contributed by atoms with Gasteiger partial charge in [-0.05, 0) is 36.8 Å². The van der Waals surface area contributed by atoms with Gasteiger partial charge in [0.25, 0.3) is 0 Å². The second kappa shape index (κ2) is 10.4. The van der Waals surface area contributed by atoms with Crippen LogP contribution < -0.4 is 10.1 Å². The highest BCUT2D eigenvalue weighted by molar-refractivity contribution is 7.99. The molecule has 2 aromatic heterocycles. The molecule has 0 fully saturated rings. The number of thioether (sulfide) groups is 1. The first-order valence-corrected chi connectivity index (χ1v) is 11.1. The lowest BCUT2D eigenvalue weighted by Gasteiger charge is -2.07. The van der Waals surface area contributed by atoms with Crippen LogP contribution in [0.3, 0.4) is 0 Å². The standard InChI is InChI=1S/C20H21FN4O4S2/c1-4-14-9-15(19(27)28-3)18(31-14)22-17(26)11-30-20-24-23-16(25(20)2)10-29-13-7-5-12(21)6-8-13/h5-9H,4,10-11H2,1-3H3,(H,22,26). The lowest BCUT2D eigenvalue weighted by molar-refractivity contribution is -0.113. The molecule has 0 atom stereocenters. The number of thiophene rings is 1. The molecule has 3 aromatic rings. The predicted octanol–water partition coefficient (Wildman–Crippen LogP) is 3.67. The minimum absolute atomic E-state index is 0.0881. The van der Waals surface area contributed by atoms with Crippen LogP contribution in [0.1, 0.15) is 28.0 Å². The maximum atomic E-state index is 13.0. The van der Waals surface area contributed by atoms with Gasteiger partial charge >= 0.3 is 5.97 Å². The third-order valence-electron chi connectivity index (χ3n) is 4.23. The first-order chi connectivity index (χ1) is 14.9. The molecular weight excluding hydrogens is 443 g/mol. The number of halogens is 1. The molecule has 0 saturated carbocycles. The van der Waals surface area contributed by atoms with Gasteiger partial charge in [-0.2, -0.15) is 0 Å². The van der Waals surface area contributed by atoms with Gasteiger partial charge in [0.1, 0.15) is 23.2 Å².